The molecular weight excluding hydrogens is 204 g/mol. The van der Waals surface area contributed by atoms with Crippen LogP contribution in [0.25, 0.3) is 0 Å². The van der Waals surface area contributed by atoms with Crippen molar-refractivity contribution in [2.24, 2.45) is 0 Å². The normalized spacial score (nSPS) is 25.0. The number of carbonyl (C=O) groups is 1. The van der Waals surface area contributed by atoms with Gasteiger partial charge in [-0.1, -0.05) is 0 Å². The third-order valence-corrected chi connectivity index (χ3v) is 3.38. The molecule has 1 heterocycles. The minimum Gasteiger partial charge on any atom is -0.378 e. The van der Waals surface area contributed by atoms with Crippen LogP contribution in [0.5, 0.6) is 0 Å². The quantitative estimate of drug-likeness (QED) is 0.727. The van der Waals surface area contributed by atoms with Crippen molar-refractivity contribution in [3.63, 3.8) is 0 Å². The Bertz CT molecular complexity index is 235. The maximum atomic E-state index is 11.6. The number of nitrogens with one attached hydrogen (secondary N) is 1. The molecule has 2 fully saturated rings. The summed E-state index contributed by atoms with van der Waals surface area (Å²) >= 11 is 0. The SMILES string of the molecule is CN(CC(=O)NCCC1CCCO1)C1CC1. The highest BCUT2D eigenvalue weighted by Gasteiger charge is 2.27. The van der Waals surface area contributed by atoms with Crippen LogP contribution < -0.4 is 5.32 Å². The molecule has 1 aliphatic heterocycles. The third-order valence-electron chi connectivity index (χ3n) is 3.38. The Labute approximate surface area is 97.3 Å². The Morgan fingerprint density at radius 1 is 1.44 bits per heavy atom. The number of amides is 1. The van der Waals surface area contributed by atoms with E-state index in [2.05, 4.69) is 10.2 Å². The van der Waals surface area contributed by atoms with Crippen LogP contribution in [0.2, 0.25) is 0 Å². The van der Waals surface area contributed by atoms with Gasteiger partial charge in [0.2, 0.25) is 5.91 Å². The van der Waals surface area contributed by atoms with E-state index in [1.165, 1.54) is 19.3 Å². The molecule has 1 N–H and O–H groups in total. The highest BCUT2D eigenvalue weighted by molar-refractivity contribution is 5.78. The van der Waals surface area contributed by atoms with Gasteiger partial charge in [-0.25, -0.2) is 0 Å². The molecule has 0 spiro atoms. The van der Waals surface area contributed by atoms with E-state index < -0.39 is 0 Å². The van der Waals surface area contributed by atoms with Crippen molar-refractivity contribution < 1.29 is 9.53 Å². The average molecular weight is 226 g/mol. The van der Waals surface area contributed by atoms with Gasteiger partial charge in [0, 0.05) is 19.2 Å². The van der Waals surface area contributed by atoms with Crippen LogP contribution in [-0.2, 0) is 9.53 Å². The van der Waals surface area contributed by atoms with Gasteiger partial charge in [-0.3, -0.25) is 9.69 Å². The summed E-state index contributed by atoms with van der Waals surface area (Å²) in [5, 5.41) is 2.96. The van der Waals surface area contributed by atoms with Gasteiger partial charge in [-0.15, -0.1) is 0 Å². The zero-order valence-corrected chi connectivity index (χ0v) is 10.1. The average Bonchev–Trinajstić information content (AvgIpc) is 2.98. The minimum absolute atomic E-state index is 0.146. The number of likely N-dealkylation sites (N-methyl/N-ethyl adjacent to an activating group) is 1. The molecule has 1 aliphatic carbocycles. The molecule has 0 aromatic rings. The lowest BCUT2D eigenvalue weighted by molar-refractivity contribution is -0.122. The van der Waals surface area contributed by atoms with Gasteiger partial charge in [0.05, 0.1) is 12.6 Å². The first-order valence-electron chi connectivity index (χ1n) is 6.34. The summed E-state index contributed by atoms with van der Waals surface area (Å²) in [6, 6.07) is 0.656. The van der Waals surface area contributed by atoms with Crippen molar-refractivity contribution in [1.29, 1.82) is 0 Å². The lowest BCUT2D eigenvalue weighted by Gasteiger charge is -2.15. The summed E-state index contributed by atoms with van der Waals surface area (Å²) in [7, 11) is 2.03. The van der Waals surface area contributed by atoms with Crippen molar-refractivity contribution in [2.75, 3.05) is 26.7 Å². The van der Waals surface area contributed by atoms with Crippen LogP contribution in [0.4, 0.5) is 0 Å². The summed E-state index contributed by atoms with van der Waals surface area (Å²) < 4.78 is 5.50. The first kappa shape index (κ1) is 11.9. The summed E-state index contributed by atoms with van der Waals surface area (Å²) in [6.07, 6.45) is 6.15. The van der Waals surface area contributed by atoms with Crippen molar-refractivity contribution in [1.82, 2.24) is 10.2 Å². The van der Waals surface area contributed by atoms with Gasteiger partial charge in [-0.2, -0.15) is 0 Å². The number of hydrogen-bond acceptors (Lipinski definition) is 3. The third kappa shape index (κ3) is 3.76. The van der Waals surface area contributed by atoms with Crippen molar-refractivity contribution >= 4 is 5.91 Å². The van der Waals surface area contributed by atoms with Crippen LogP contribution in [0.15, 0.2) is 0 Å². The van der Waals surface area contributed by atoms with E-state index in [1.54, 1.807) is 0 Å². The summed E-state index contributed by atoms with van der Waals surface area (Å²) in [5.74, 6) is 0.146. The van der Waals surface area contributed by atoms with E-state index in [4.69, 9.17) is 4.74 Å². The van der Waals surface area contributed by atoms with Crippen molar-refractivity contribution in [3.8, 4) is 0 Å². The van der Waals surface area contributed by atoms with Gasteiger partial charge in [-0.05, 0) is 39.2 Å². The second-order valence-electron chi connectivity index (χ2n) is 4.92. The van der Waals surface area contributed by atoms with E-state index >= 15 is 0 Å². The Hall–Kier alpha value is -0.610. The standard InChI is InChI=1S/C12H22N2O2/c1-14(10-4-5-10)9-12(15)13-7-6-11-3-2-8-16-11/h10-11H,2-9H2,1H3,(H,13,15). The Morgan fingerprint density at radius 2 is 2.25 bits per heavy atom. The molecule has 0 radical (unpaired) electrons. The molecule has 1 atom stereocenters. The highest BCUT2D eigenvalue weighted by Crippen LogP contribution is 2.24. The largest absolute Gasteiger partial charge is 0.378 e. The molecule has 2 aliphatic rings. The summed E-state index contributed by atoms with van der Waals surface area (Å²) in [4.78, 5) is 13.7. The number of ether oxygens (including phenoxy) is 1. The van der Waals surface area contributed by atoms with Crippen molar-refractivity contribution in [2.45, 2.75) is 44.2 Å². The highest BCUT2D eigenvalue weighted by atomic mass is 16.5. The Kier molecular flexibility index (Phi) is 4.18. The molecule has 16 heavy (non-hydrogen) atoms. The lowest BCUT2D eigenvalue weighted by atomic mass is 10.2. The molecule has 4 nitrogen and oxygen atoms in total. The number of carbonyl (C=O) groups excluding carboxylic acids is 1. The first-order chi connectivity index (χ1) is 7.75. The van der Waals surface area contributed by atoms with Crippen LogP contribution in [0.3, 0.4) is 0 Å². The van der Waals surface area contributed by atoms with E-state index in [9.17, 15) is 4.79 Å². The van der Waals surface area contributed by atoms with Crippen LogP contribution in [0.1, 0.15) is 32.1 Å². The first-order valence-corrected chi connectivity index (χ1v) is 6.34. The second-order valence-corrected chi connectivity index (χ2v) is 4.92. The lowest BCUT2D eigenvalue weighted by Crippen LogP contribution is -2.37. The zero-order valence-electron chi connectivity index (χ0n) is 10.1. The minimum atomic E-state index is 0.146. The molecular formula is C12H22N2O2. The summed E-state index contributed by atoms with van der Waals surface area (Å²) in [6.45, 7) is 2.18. The number of nitrogens with zero attached hydrogens (tertiary/aromatic N) is 1. The fraction of sp³-hybridized carbons (Fsp3) is 0.917. The molecule has 1 saturated heterocycles. The van der Waals surface area contributed by atoms with E-state index in [0.717, 1.165) is 26.0 Å². The number of hydrogen-bond donors (Lipinski definition) is 1. The maximum absolute atomic E-state index is 11.6. The Morgan fingerprint density at radius 3 is 2.88 bits per heavy atom. The molecule has 0 aromatic carbocycles. The van der Waals surface area contributed by atoms with Gasteiger partial charge >= 0.3 is 0 Å². The predicted octanol–water partition coefficient (Wildman–Crippen LogP) is 0.766. The van der Waals surface area contributed by atoms with Crippen LogP contribution in [-0.4, -0.2) is 49.7 Å². The van der Waals surface area contributed by atoms with Gasteiger partial charge in [0.15, 0.2) is 0 Å². The molecule has 1 unspecified atom stereocenters. The molecule has 1 saturated carbocycles. The van der Waals surface area contributed by atoms with Gasteiger partial charge < -0.3 is 10.1 Å². The smallest absolute Gasteiger partial charge is 0.234 e. The van der Waals surface area contributed by atoms with Gasteiger partial charge in [0.1, 0.15) is 0 Å². The monoisotopic (exact) mass is 226 g/mol. The van der Waals surface area contributed by atoms with Crippen LogP contribution >= 0.6 is 0 Å². The molecule has 4 heteroatoms. The fourth-order valence-electron chi connectivity index (χ4n) is 2.17. The summed E-state index contributed by atoms with van der Waals surface area (Å²) in [5.41, 5.74) is 0. The van der Waals surface area contributed by atoms with Crippen molar-refractivity contribution in [3.05, 3.63) is 0 Å². The van der Waals surface area contributed by atoms with Crippen LogP contribution in [0, 0.1) is 0 Å². The molecule has 0 aromatic heterocycles. The molecule has 0 bridgehead atoms. The fourth-order valence-corrected chi connectivity index (χ4v) is 2.17. The van der Waals surface area contributed by atoms with Gasteiger partial charge in [0.25, 0.3) is 0 Å². The molecule has 92 valence electrons. The maximum Gasteiger partial charge on any atom is 0.234 e. The van der Waals surface area contributed by atoms with E-state index in [-0.39, 0.29) is 5.91 Å². The number of rotatable bonds is 6. The molecule has 1 amide bonds. The van der Waals surface area contributed by atoms with E-state index in [0.29, 0.717) is 18.7 Å². The topological polar surface area (TPSA) is 41.6 Å². The molecule has 2 rings (SSSR count). The second kappa shape index (κ2) is 5.64. The predicted molar refractivity (Wildman–Crippen MR) is 62.3 cm³/mol. The van der Waals surface area contributed by atoms with E-state index in [1.807, 2.05) is 7.05 Å². The zero-order chi connectivity index (χ0) is 11.4. The Balaban J connectivity index is 1.52.